The summed E-state index contributed by atoms with van der Waals surface area (Å²) in [5, 5.41) is 0. The zero-order chi connectivity index (χ0) is 19.6. The predicted molar refractivity (Wildman–Crippen MR) is 90.0 cm³/mol. The fourth-order valence-corrected chi connectivity index (χ4v) is 4.05. The molecule has 7 nitrogen and oxygen atoms in total. The second-order valence-electron chi connectivity index (χ2n) is 6.83. The number of likely N-dealkylation sites (tertiary alicyclic amines) is 1. The summed E-state index contributed by atoms with van der Waals surface area (Å²) >= 11 is 0. The predicted octanol–water partition coefficient (Wildman–Crippen LogP) is 2.07. The van der Waals surface area contributed by atoms with Gasteiger partial charge in [-0.05, 0) is 18.2 Å². The molecule has 2 amide bonds. The maximum atomic E-state index is 13.5. The highest BCUT2D eigenvalue weighted by Gasteiger charge is 2.54. The first kappa shape index (κ1) is 16.8. The molecule has 1 saturated heterocycles. The molecule has 0 aliphatic carbocycles. The Morgan fingerprint density at radius 2 is 1.82 bits per heavy atom. The van der Waals surface area contributed by atoms with E-state index >= 15 is 0 Å². The van der Waals surface area contributed by atoms with Gasteiger partial charge < -0.3 is 24.8 Å². The van der Waals surface area contributed by atoms with Crippen molar-refractivity contribution >= 4 is 11.8 Å². The minimum absolute atomic E-state index is 0.0127. The number of halogens is 2. The van der Waals surface area contributed by atoms with Gasteiger partial charge in [0.05, 0.1) is 17.5 Å². The van der Waals surface area contributed by atoms with Crippen molar-refractivity contribution in [1.29, 1.82) is 0 Å². The number of para-hydroxylation sites is 2. The zero-order valence-corrected chi connectivity index (χ0v) is 14.3. The van der Waals surface area contributed by atoms with Crippen molar-refractivity contribution in [2.24, 2.45) is 11.7 Å². The molecule has 9 heteroatoms. The molecule has 0 bridgehead atoms. The van der Waals surface area contributed by atoms with Crippen LogP contribution in [0, 0.1) is 5.92 Å². The Labute approximate surface area is 157 Å². The number of ether oxygens (including phenoxy) is 3. The van der Waals surface area contributed by atoms with Crippen LogP contribution in [-0.4, -0.2) is 35.7 Å². The lowest BCUT2D eigenvalue weighted by Crippen LogP contribution is -2.34. The Hall–Kier alpha value is -3.36. The highest BCUT2D eigenvalue weighted by molar-refractivity contribution is 5.99. The van der Waals surface area contributed by atoms with Crippen molar-refractivity contribution in [3.8, 4) is 17.2 Å². The summed E-state index contributed by atoms with van der Waals surface area (Å²) in [6, 6.07) is 10.7. The number of amides is 2. The molecule has 0 saturated carbocycles. The average molecular weight is 388 g/mol. The molecule has 5 rings (SSSR count). The highest BCUT2D eigenvalue weighted by Crippen LogP contribution is 2.49. The number of nitrogens with two attached hydrogens (primary N) is 1. The zero-order valence-electron chi connectivity index (χ0n) is 14.3. The van der Waals surface area contributed by atoms with E-state index in [0.29, 0.717) is 5.75 Å². The van der Waals surface area contributed by atoms with Crippen molar-refractivity contribution < 1.29 is 32.6 Å². The number of hydrogen-bond acceptors (Lipinski definition) is 5. The summed E-state index contributed by atoms with van der Waals surface area (Å²) in [6.45, 7) is 0.0127. The molecule has 1 fully saturated rings. The number of nitrogens with zero attached hydrogens (tertiary/aromatic N) is 1. The Balaban J connectivity index is 1.56. The van der Waals surface area contributed by atoms with Gasteiger partial charge >= 0.3 is 6.29 Å². The third kappa shape index (κ3) is 2.32. The Kier molecular flexibility index (Phi) is 3.34. The number of alkyl halides is 2. The fourth-order valence-electron chi connectivity index (χ4n) is 4.05. The Morgan fingerprint density at radius 1 is 1.07 bits per heavy atom. The quantitative estimate of drug-likeness (QED) is 0.851. The summed E-state index contributed by atoms with van der Waals surface area (Å²) < 4.78 is 41.8. The third-order valence-electron chi connectivity index (χ3n) is 5.22. The second kappa shape index (κ2) is 5.57. The summed E-state index contributed by atoms with van der Waals surface area (Å²) in [4.78, 5) is 26.6. The van der Waals surface area contributed by atoms with Crippen molar-refractivity contribution in [3.05, 3.63) is 53.6 Å². The number of carbonyl (C=O) groups is 2. The van der Waals surface area contributed by atoms with E-state index in [9.17, 15) is 18.4 Å². The molecule has 2 aromatic carbocycles. The molecule has 3 heterocycles. The smallest absolute Gasteiger partial charge is 0.487 e. The lowest BCUT2D eigenvalue weighted by molar-refractivity contribution is -0.286. The molecule has 2 N–H and O–H groups in total. The van der Waals surface area contributed by atoms with Crippen LogP contribution in [0.15, 0.2) is 42.5 Å². The van der Waals surface area contributed by atoms with Crippen LogP contribution in [0.3, 0.4) is 0 Å². The molecular weight excluding hydrogens is 374 g/mol. The summed E-state index contributed by atoms with van der Waals surface area (Å²) in [6.07, 6.45) is -4.47. The average Bonchev–Trinajstić information content (AvgIpc) is 3.28. The lowest BCUT2D eigenvalue weighted by atomic mass is 9.98. The number of carbonyl (C=O) groups excluding carboxylic acids is 2. The SMILES string of the molecule is NC(=O)[C@@H]1CN(C(=O)c2cccc3c2OC(F)(F)O3)[C@H]2c3ccccc3O[C@@H]12. The molecule has 0 aromatic heterocycles. The van der Waals surface area contributed by atoms with Gasteiger partial charge in [0, 0.05) is 12.1 Å². The van der Waals surface area contributed by atoms with E-state index in [1.165, 1.54) is 23.1 Å². The van der Waals surface area contributed by atoms with Gasteiger partial charge in [0.1, 0.15) is 11.9 Å². The highest BCUT2D eigenvalue weighted by atomic mass is 19.3. The van der Waals surface area contributed by atoms with E-state index < -0.39 is 36.2 Å². The van der Waals surface area contributed by atoms with E-state index in [4.69, 9.17) is 10.5 Å². The van der Waals surface area contributed by atoms with Gasteiger partial charge in [-0.25, -0.2) is 0 Å². The standard InChI is InChI=1S/C19H14F2N2O5/c20-19(21)27-13-7-3-5-10(15(13)28-19)18(25)23-8-11(17(22)24)16-14(23)9-4-1-2-6-12(9)26-16/h1-7,11,14,16H,8H2,(H2,22,24)/t11-,14+,16+/m1/s1. The Bertz CT molecular complexity index is 1010. The van der Waals surface area contributed by atoms with E-state index in [1.807, 2.05) is 0 Å². The topological polar surface area (TPSA) is 91.1 Å². The molecule has 2 aromatic rings. The van der Waals surface area contributed by atoms with E-state index in [-0.39, 0.29) is 23.6 Å². The molecule has 144 valence electrons. The molecule has 28 heavy (non-hydrogen) atoms. The first-order chi connectivity index (χ1) is 13.4. The maximum absolute atomic E-state index is 13.5. The minimum Gasteiger partial charge on any atom is -0.487 e. The van der Waals surface area contributed by atoms with Crippen LogP contribution in [0.1, 0.15) is 22.0 Å². The number of primary amides is 1. The monoisotopic (exact) mass is 388 g/mol. The van der Waals surface area contributed by atoms with E-state index in [0.717, 1.165) is 5.56 Å². The summed E-state index contributed by atoms with van der Waals surface area (Å²) in [5.74, 6) is -1.88. The van der Waals surface area contributed by atoms with Gasteiger partial charge in [-0.3, -0.25) is 9.59 Å². The normalized spacial score (nSPS) is 25.8. The van der Waals surface area contributed by atoms with Gasteiger partial charge in [0.25, 0.3) is 5.91 Å². The van der Waals surface area contributed by atoms with Gasteiger partial charge in [-0.2, -0.15) is 0 Å². The molecule has 0 unspecified atom stereocenters. The van der Waals surface area contributed by atoms with Crippen LogP contribution in [0.2, 0.25) is 0 Å². The minimum atomic E-state index is -3.84. The van der Waals surface area contributed by atoms with Gasteiger partial charge in [-0.15, -0.1) is 8.78 Å². The Morgan fingerprint density at radius 3 is 2.61 bits per heavy atom. The molecular formula is C19H14F2N2O5. The van der Waals surface area contributed by atoms with Crippen molar-refractivity contribution in [3.63, 3.8) is 0 Å². The van der Waals surface area contributed by atoms with Crippen LogP contribution in [-0.2, 0) is 4.79 Å². The van der Waals surface area contributed by atoms with Crippen LogP contribution in [0.5, 0.6) is 17.2 Å². The van der Waals surface area contributed by atoms with Crippen molar-refractivity contribution in [1.82, 2.24) is 4.90 Å². The second-order valence-corrected chi connectivity index (χ2v) is 6.83. The number of rotatable bonds is 2. The summed E-state index contributed by atoms with van der Waals surface area (Å²) in [7, 11) is 0. The van der Waals surface area contributed by atoms with Gasteiger partial charge in [0.2, 0.25) is 5.91 Å². The molecule has 0 radical (unpaired) electrons. The van der Waals surface area contributed by atoms with E-state index in [1.54, 1.807) is 24.3 Å². The maximum Gasteiger partial charge on any atom is 0.586 e. The molecule has 3 aliphatic rings. The number of fused-ring (bicyclic) bond motifs is 4. The summed E-state index contributed by atoms with van der Waals surface area (Å²) in [5.41, 5.74) is 6.17. The number of hydrogen-bond donors (Lipinski definition) is 1. The van der Waals surface area contributed by atoms with Crippen molar-refractivity contribution in [2.45, 2.75) is 18.4 Å². The first-order valence-corrected chi connectivity index (χ1v) is 8.60. The first-order valence-electron chi connectivity index (χ1n) is 8.60. The lowest BCUT2D eigenvalue weighted by Gasteiger charge is -2.23. The fraction of sp³-hybridized carbons (Fsp3) is 0.263. The van der Waals surface area contributed by atoms with Gasteiger partial charge in [-0.1, -0.05) is 24.3 Å². The van der Waals surface area contributed by atoms with Crippen LogP contribution >= 0.6 is 0 Å². The third-order valence-corrected chi connectivity index (χ3v) is 5.22. The number of benzene rings is 2. The molecule has 3 atom stereocenters. The van der Waals surface area contributed by atoms with Crippen LogP contribution in [0.4, 0.5) is 8.78 Å². The largest absolute Gasteiger partial charge is 0.586 e. The van der Waals surface area contributed by atoms with Crippen LogP contribution in [0.25, 0.3) is 0 Å². The van der Waals surface area contributed by atoms with Gasteiger partial charge in [0.15, 0.2) is 11.5 Å². The van der Waals surface area contributed by atoms with Crippen LogP contribution < -0.4 is 19.9 Å². The van der Waals surface area contributed by atoms with E-state index in [2.05, 4.69) is 9.47 Å². The molecule has 3 aliphatic heterocycles. The molecule has 0 spiro atoms. The van der Waals surface area contributed by atoms with Crippen molar-refractivity contribution in [2.75, 3.05) is 6.54 Å².